The van der Waals surface area contributed by atoms with Gasteiger partial charge in [-0.25, -0.2) is 0 Å². The molecule has 0 saturated heterocycles. The first-order valence-electron chi connectivity index (χ1n) is 11.2. The fraction of sp³-hybridized carbons (Fsp3) is 0.280. The molecule has 5 rings (SSSR count). The summed E-state index contributed by atoms with van der Waals surface area (Å²) in [5, 5.41) is 5.56. The molecule has 8 nitrogen and oxygen atoms in total. The summed E-state index contributed by atoms with van der Waals surface area (Å²) >= 11 is 0. The Balaban J connectivity index is 1.35. The smallest absolute Gasteiger partial charge is 0.258 e. The van der Waals surface area contributed by atoms with Crippen LogP contribution in [-0.2, 0) is 29.0 Å². The summed E-state index contributed by atoms with van der Waals surface area (Å²) in [6, 6.07) is 18.0. The maximum Gasteiger partial charge on any atom is 0.258 e. The Labute approximate surface area is 191 Å². The molecule has 0 fully saturated rings. The zero-order valence-corrected chi connectivity index (χ0v) is 18.1. The van der Waals surface area contributed by atoms with E-state index in [4.69, 9.17) is 0 Å². The van der Waals surface area contributed by atoms with Crippen molar-refractivity contribution in [3.63, 3.8) is 0 Å². The highest BCUT2D eigenvalue weighted by Gasteiger charge is 2.35. The second-order valence-electron chi connectivity index (χ2n) is 8.42. The minimum Gasteiger partial charge on any atom is -0.355 e. The molecule has 33 heavy (non-hydrogen) atoms. The van der Waals surface area contributed by atoms with Crippen molar-refractivity contribution in [2.75, 3.05) is 23.3 Å². The number of nitrogens with zero attached hydrogens (tertiary/aromatic N) is 2. The van der Waals surface area contributed by atoms with Crippen LogP contribution in [0.4, 0.5) is 11.8 Å². The standard InChI is InChI=1S/C25H25N5O3/c31-20-14-19(23(32)26-12-10-16-6-2-1-3-7-16)21-22(27-20)28-25(29-24(21)33)30-13-11-17-8-4-5-9-18(17)15-30/h1-9,19H,10-15H2,(H,26,32)(H2,27,28,29,31,33)/t19-/m1/s1. The van der Waals surface area contributed by atoms with E-state index in [0.29, 0.717) is 32.0 Å². The molecule has 168 valence electrons. The number of carbonyl (C=O) groups excluding carboxylic acids is 2. The van der Waals surface area contributed by atoms with E-state index in [-0.39, 0.29) is 29.6 Å². The molecule has 2 amide bonds. The van der Waals surface area contributed by atoms with Gasteiger partial charge >= 0.3 is 0 Å². The molecule has 0 spiro atoms. The minimum atomic E-state index is -0.864. The van der Waals surface area contributed by atoms with E-state index in [2.05, 4.69) is 32.7 Å². The molecular formula is C25H25N5O3. The number of H-pyrrole nitrogens is 1. The van der Waals surface area contributed by atoms with Crippen LogP contribution in [0.15, 0.2) is 59.4 Å². The van der Waals surface area contributed by atoms with Gasteiger partial charge in [0.15, 0.2) is 0 Å². The lowest BCUT2D eigenvalue weighted by Crippen LogP contribution is -2.41. The van der Waals surface area contributed by atoms with Crippen LogP contribution < -0.4 is 21.1 Å². The predicted molar refractivity (Wildman–Crippen MR) is 125 cm³/mol. The molecule has 3 heterocycles. The third kappa shape index (κ3) is 4.37. The molecule has 3 aromatic rings. The number of hydrogen-bond donors (Lipinski definition) is 3. The maximum atomic E-state index is 13.0. The van der Waals surface area contributed by atoms with E-state index < -0.39 is 11.5 Å². The van der Waals surface area contributed by atoms with E-state index >= 15 is 0 Å². The summed E-state index contributed by atoms with van der Waals surface area (Å²) in [6.07, 6.45) is 1.43. The first-order valence-corrected chi connectivity index (χ1v) is 11.2. The normalized spacial score (nSPS) is 17.0. The fourth-order valence-electron chi connectivity index (χ4n) is 4.51. The van der Waals surface area contributed by atoms with Gasteiger partial charge in [-0.3, -0.25) is 19.4 Å². The van der Waals surface area contributed by atoms with Gasteiger partial charge < -0.3 is 15.5 Å². The molecule has 8 heteroatoms. The second-order valence-corrected chi connectivity index (χ2v) is 8.42. The molecular weight excluding hydrogens is 418 g/mol. The van der Waals surface area contributed by atoms with Crippen molar-refractivity contribution in [2.45, 2.75) is 31.7 Å². The number of carbonyl (C=O) groups is 2. The molecule has 3 N–H and O–H groups in total. The molecule has 0 radical (unpaired) electrons. The van der Waals surface area contributed by atoms with E-state index in [1.54, 1.807) is 0 Å². The quantitative estimate of drug-likeness (QED) is 0.560. The van der Waals surface area contributed by atoms with Crippen LogP contribution in [0, 0.1) is 0 Å². The fourth-order valence-corrected chi connectivity index (χ4v) is 4.51. The van der Waals surface area contributed by atoms with Gasteiger partial charge in [-0.15, -0.1) is 0 Å². The summed E-state index contributed by atoms with van der Waals surface area (Å²) in [4.78, 5) is 47.6. The largest absolute Gasteiger partial charge is 0.355 e. The van der Waals surface area contributed by atoms with Crippen molar-refractivity contribution in [1.82, 2.24) is 15.3 Å². The number of aromatic nitrogens is 2. The Bertz CT molecular complexity index is 1250. The summed E-state index contributed by atoms with van der Waals surface area (Å²) < 4.78 is 0. The van der Waals surface area contributed by atoms with Gasteiger partial charge in [-0.2, -0.15) is 4.98 Å². The Morgan fingerprint density at radius 2 is 1.82 bits per heavy atom. The van der Waals surface area contributed by atoms with Gasteiger partial charge in [0.05, 0.1) is 11.5 Å². The van der Waals surface area contributed by atoms with Crippen LogP contribution in [0.5, 0.6) is 0 Å². The zero-order valence-electron chi connectivity index (χ0n) is 18.1. The van der Waals surface area contributed by atoms with Crippen molar-refractivity contribution in [2.24, 2.45) is 0 Å². The number of anilines is 2. The molecule has 0 bridgehead atoms. The van der Waals surface area contributed by atoms with Gasteiger partial charge in [-0.1, -0.05) is 54.6 Å². The number of rotatable bonds is 5. The molecule has 1 aromatic heterocycles. The third-order valence-corrected chi connectivity index (χ3v) is 6.24. The summed E-state index contributed by atoms with van der Waals surface area (Å²) in [5.41, 5.74) is 3.40. The Kier molecular flexibility index (Phi) is 5.64. The number of benzene rings is 2. The van der Waals surface area contributed by atoms with Crippen molar-refractivity contribution < 1.29 is 9.59 Å². The molecule has 0 aliphatic carbocycles. The Hall–Kier alpha value is -3.94. The first-order chi connectivity index (χ1) is 16.1. The first kappa shape index (κ1) is 20.9. The van der Waals surface area contributed by atoms with Gasteiger partial charge in [-0.05, 0) is 29.5 Å². The SMILES string of the molecule is O=C1C[C@@H](C(=O)NCCc2ccccc2)c2c(nc(N3CCc4ccccc4C3)[nH]c2=O)N1. The van der Waals surface area contributed by atoms with Crippen molar-refractivity contribution in [1.29, 1.82) is 0 Å². The number of fused-ring (bicyclic) bond motifs is 2. The summed E-state index contributed by atoms with van der Waals surface area (Å²) in [6.45, 7) is 1.75. The van der Waals surface area contributed by atoms with Gasteiger partial charge in [0.2, 0.25) is 17.8 Å². The molecule has 2 aliphatic heterocycles. The third-order valence-electron chi connectivity index (χ3n) is 6.24. The molecule has 2 aliphatic rings. The van der Waals surface area contributed by atoms with Crippen LogP contribution in [-0.4, -0.2) is 34.9 Å². The summed E-state index contributed by atoms with van der Waals surface area (Å²) in [7, 11) is 0. The van der Waals surface area contributed by atoms with E-state index in [1.165, 1.54) is 11.1 Å². The van der Waals surface area contributed by atoms with Gasteiger partial charge in [0, 0.05) is 26.1 Å². The minimum absolute atomic E-state index is 0.0780. The van der Waals surface area contributed by atoms with E-state index in [0.717, 1.165) is 12.0 Å². The van der Waals surface area contributed by atoms with Crippen molar-refractivity contribution >= 4 is 23.6 Å². The second kappa shape index (κ2) is 8.90. The van der Waals surface area contributed by atoms with E-state index in [9.17, 15) is 14.4 Å². The monoisotopic (exact) mass is 443 g/mol. The van der Waals surface area contributed by atoms with Crippen molar-refractivity contribution in [3.05, 3.63) is 87.2 Å². The van der Waals surface area contributed by atoms with Crippen LogP contribution in [0.3, 0.4) is 0 Å². The number of nitrogens with one attached hydrogen (secondary N) is 3. The lowest BCUT2D eigenvalue weighted by molar-refractivity contribution is -0.126. The average molecular weight is 444 g/mol. The topological polar surface area (TPSA) is 107 Å². The molecule has 2 aromatic carbocycles. The number of aromatic amines is 1. The Morgan fingerprint density at radius 1 is 1.06 bits per heavy atom. The highest BCUT2D eigenvalue weighted by Crippen LogP contribution is 2.30. The summed E-state index contributed by atoms with van der Waals surface area (Å²) in [5.74, 6) is -0.949. The van der Waals surface area contributed by atoms with Gasteiger partial charge in [0.1, 0.15) is 5.82 Å². The van der Waals surface area contributed by atoms with Crippen molar-refractivity contribution in [3.8, 4) is 0 Å². The lowest BCUT2D eigenvalue weighted by Gasteiger charge is -2.30. The van der Waals surface area contributed by atoms with Crippen LogP contribution in [0.1, 0.15) is 34.6 Å². The predicted octanol–water partition coefficient (Wildman–Crippen LogP) is 2.12. The average Bonchev–Trinajstić information content (AvgIpc) is 2.83. The van der Waals surface area contributed by atoms with Crippen LogP contribution in [0.2, 0.25) is 0 Å². The lowest BCUT2D eigenvalue weighted by atomic mass is 9.92. The maximum absolute atomic E-state index is 13.0. The highest BCUT2D eigenvalue weighted by molar-refractivity contribution is 6.00. The van der Waals surface area contributed by atoms with Crippen LogP contribution >= 0.6 is 0 Å². The molecule has 0 saturated carbocycles. The van der Waals surface area contributed by atoms with Crippen LogP contribution in [0.25, 0.3) is 0 Å². The zero-order chi connectivity index (χ0) is 22.8. The van der Waals surface area contributed by atoms with Gasteiger partial charge in [0.25, 0.3) is 5.56 Å². The number of amides is 2. The Morgan fingerprint density at radius 3 is 2.64 bits per heavy atom. The molecule has 1 atom stereocenters. The number of hydrogen-bond acceptors (Lipinski definition) is 5. The highest BCUT2D eigenvalue weighted by atomic mass is 16.2. The molecule has 0 unspecified atom stereocenters. The van der Waals surface area contributed by atoms with E-state index in [1.807, 2.05) is 47.4 Å².